The molecule has 1 atom stereocenters. The first-order chi connectivity index (χ1) is 8.67. The van der Waals surface area contributed by atoms with Gasteiger partial charge in [-0.1, -0.05) is 0 Å². The molecule has 1 aromatic carbocycles. The summed E-state index contributed by atoms with van der Waals surface area (Å²) >= 11 is 0. The minimum absolute atomic E-state index is 0.0277. The molecule has 0 fully saturated rings. The number of amides is 1. The Kier molecular flexibility index (Phi) is 6.18. The van der Waals surface area contributed by atoms with E-state index < -0.39 is 5.91 Å². The molecule has 0 aliphatic rings. The molecule has 0 saturated carbocycles. The Hall–Kier alpha value is -1.59. The maximum atomic E-state index is 10.9. The molecule has 0 saturated heterocycles. The molecule has 0 spiro atoms. The maximum Gasteiger partial charge on any atom is 0.248 e. The fourth-order valence-electron chi connectivity index (χ4n) is 1.53. The molecular formula is C13H20N2O3. The highest BCUT2D eigenvalue weighted by Gasteiger charge is 2.06. The zero-order valence-corrected chi connectivity index (χ0v) is 10.6. The monoisotopic (exact) mass is 252 g/mol. The van der Waals surface area contributed by atoms with E-state index >= 15 is 0 Å². The van der Waals surface area contributed by atoms with Crippen LogP contribution in [0.4, 0.5) is 0 Å². The Morgan fingerprint density at radius 3 is 2.50 bits per heavy atom. The van der Waals surface area contributed by atoms with Crippen molar-refractivity contribution in [2.24, 2.45) is 11.5 Å². The zero-order valence-electron chi connectivity index (χ0n) is 10.6. The summed E-state index contributed by atoms with van der Waals surface area (Å²) in [6.07, 6.45) is 0.766. The Morgan fingerprint density at radius 1 is 1.33 bits per heavy atom. The molecule has 0 aliphatic heterocycles. The molecule has 1 aromatic rings. The quantitative estimate of drug-likeness (QED) is 0.720. The maximum absolute atomic E-state index is 10.9. The van der Waals surface area contributed by atoms with Crippen molar-refractivity contribution < 1.29 is 14.3 Å². The van der Waals surface area contributed by atoms with Crippen LogP contribution in [0, 0.1) is 0 Å². The summed E-state index contributed by atoms with van der Waals surface area (Å²) < 4.78 is 10.9. The van der Waals surface area contributed by atoms with Crippen molar-refractivity contribution in [1.29, 1.82) is 0 Å². The fourth-order valence-corrected chi connectivity index (χ4v) is 1.53. The highest BCUT2D eigenvalue weighted by Crippen LogP contribution is 2.12. The summed E-state index contributed by atoms with van der Waals surface area (Å²) in [4.78, 5) is 10.9. The second-order valence-electron chi connectivity index (χ2n) is 3.84. The zero-order chi connectivity index (χ0) is 13.4. The average Bonchev–Trinajstić information content (AvgIpc) is 2.38. The fraction of sp³-hybridized carbons (Fsp3) is 0.462. The van der Waals surface area contributed by atoms with Crippen molar-refractivity contribution in [3.63, 3.8) is 0 Å². The van der Waals surface area contributed by atoms with Crippen molar-refractivity contribution >= 4 is 5.91 Å². The third-order valence-electron chi connectivity index (χ3n) is 2.51. The van der Waals surface area contributed by atoms with Crippen LogP contribution in [0.1, 0.15) is 23.7 Å². The summed E-state index contributed by atoms with van der Waals surface area (Å²) in [5.41, 5.74) is 11.2. The molecule has 5 nitrogen and oxygen atoms in total. The van der Waals surface area contributed by atoms with Gasteiger partial charge in [0.1, 0.15) is 5.75 Å². The SMILES string of the molecule is CCOC(CN)CCOc1ccc(C(N)=O)cc1. The Labute approximate surface area is 107 Å². The summed E-state index contributed by atoms with van der Waals surface area (Å²) in [6, 6.07) is 6.72. The molecule has 0 aliphatic carbocycles. The minimum atomic E-state index is -0.443. The first-order valence-electron chi connectivity index (χ1n) is 6.01. The third-order valence-corrected chi connectivity index (χ3v) is 2.51. The van der Waals surface area contributed by atoms with Crippen molar-refractivity contribution in [1.82, 2.24) is 0 Å². The molecule has 1 rings (SSSR count). The second kappa shape index (κ2) is 7.68. The molecule has 0 radical (unpaired) electrons. The van der Waals surface area contributed by atoms with Crippen molar-refractivity contribution in [2.45, 2.75) is 19.4 Å². The normalized spacial score (nSPS) is 12.1. The Morgan fingerprint density at radius 2 is 2.00 bits per heavy atom. The molecule has 18 heavy (non-hydrogen) atoms. The van der Waals surface area contributed by atoms with Crippen LogP contribution in [0.5, 0.6) is 5.75 Å². The summed E-state index contributed by atoms with van der Waals surface area (Å²) in [6.45, 7) is 3.59. The van der Waals surface area contributed by atoms with E-state index in [-0.39, 0.29) is 6.10 Å². The number of carbonyl (C=O) groups is 1. The van der Waals surface area contributed by atoms with Crippen LogP contribution in [0.3, 0.4) is 0 Å². The lowest BCUT2D eigenvalue weighted by Gasteiger charge is -2.15. The van der Waals surface area contributed by atoms with E-state index in [4.69, 9.17) is 20.9 Å². The van der Waals surface area contributed by atoms with Gasteiger partial charge in [-0.2, -0.15) is 0 Å². The number of rotatable bonds is 8. The van der Waals surface area contributed by atoms with Gasteiger partial charge in [0.25, 0.3) is 0 Å². The van der Waals surface area contributed by atoms with Gasteiger partial charge >= 0.3 is 0 Å². The molecular weight excluding hydrogens is 232 g/mol. The van der Waals surface area contributed by atoms with Crippen molar-refractivity contribution in [2.75, 3.05) is 19.8 Å². The molecule has 4 N–H and O–H groups in total. The van der Waals surface area contributed by atoms with Gasteiger partial charge in [0, 0.05) is 25.1 Å². The van der Waals surface area contributed by atoms with Gasteiger partial charge in [-0.15, -0.1) is 0 Å². The molecule has 0 aromatic heterocycles. The van der Waals surface area contributed by atoms with Crippen LogP contribution in [0.2, 0.25) is 0 Å². The first kappa shape index (κ1) is 14.5. The van der Waals surface area contributed by atoms with Crippen LogP contribution < -0.4 is 16.2 Å². The lowest BCUT2D eigenvalue weighted by atomic mass is 10.2. The molecule has 1 amide bonds. The average molecular weight is 252 g/mol. The molecule has 5 heteroatoms. The molecule has 0 bridgehead atoms. The number of ether oxygens (including phenoxy) is 2. The topological polar surface area (TPSA) is 87.6 Å². The standard InChI is InChI=1S/C13H20N2O3/c1-2-17-12(9-14)7-8-18-11-5-3-10(4-6-11)13(15)16/h3-6,12H,2,7-9,14H2,1H3,(H2,15,16). The molecule has 1 unspecified atom stereocenters. The van der Waals surface area contributed by atoms with Gasteiger partial charge < -0.3 is 20.9 Å². The van der Waals surface area contributed by atoms with E-state index in [2.05, 4.69) is 0 Å². The Bertz CT molecular complexity index is 365. The predicted octanol–water partition coefficient (Wildman–Crippen LogP) is 0.918. The number of nitrogens with two attached hydrogens (primary N) is 2. The van der Waals surface area contributed by atoms with Crippen LogP contribution >= 0.6 is 0 Å². The van der Waals surface area contributed by atoms with E-state index in [9.17, 15) is 4.79 Å². The van der Waals surface area contributed by atoms with E-state index in [1.807, 2.05) is 6.92 Å². The van der Waals surface area contributed by atoms with E-state index in [1.54, 1.807) is 24.3 Å². The van der Waals surface area contributed by atoms with Crippen molar-refractivity contribution in [3.8, 4) is 5.75 Å². The van der Waals surface area contributed by atoms with E-state index in [0.717, 1.165) is 6.42 Å². The van der Waals surface area contributed by atoms with Gasteiger partial charge in [0.2, 0.25) is 5.91 Å². The van der Waals surface area contributed by atoms with Crippen LogP contribution in [0.25, 0.3) is 0 Å². The van der Waals surface area contributed by atoms with Gasteiger partial charge in [-0.25, -0.2) is 0 Å². The Balaban J connectivity index is 2.37. The van der Waals surface area contributed by atoms with Crippen LogP contribution in [0.15, 0.2) is 24.3 Å². The summed E-state index contributed by atoms with van der Waals surface area (Å²) in [7, 11) is 0. The van der Waals surface area contributed by atoms with Crippen molar-refractivity contribution in [3.05, 3.63) is 29.8 Å². The van der Waals surface area contributed by atoms with E-state index in [1.165, 1.54) is 0 Å². The smallest absolute Gasteiger partial charge is 0.248 e. The summed E-state index contributed by atoms with van der Waals surface area (Å²) in [5, 5.41) is 0. The van der Waals surface area contributed by atoms with E-state index in [0.29, 0.717) is 31.1 Å². The number of hydrogen-bond donors (Lipinski definition) is 2. The molecule has 0 heterocycles. The van der Waals surface area contributed by atoms with Crippen LogP contribution in [-0.4, -0.2) is 31.8 Å². The number of primary amides is 1. The highest BCUT2D eigenvalue weighted by molar-refractivity contribution is 5.92. The lowest BCUT2D eigenvalue weighted by molar-refractivity contribution is 0.0527. The molecule has 100 valence electrons. The summed E-state index contributed by atoms with van der Waals surface area (Å²) in [5.74, 6) is 0.258. The van der Waals surface area contributed by atoms with Crippen LogP contribution in [-0.2, 0) is 4.74 Å². The van der Waals surface area contributed by atoms with Gasteiger partial charge in [0.15, 0.2) is 0 Å². The predicted molar refractivity (Wildman–Crippen MR) is 69.5 cm³/mol. The van der Waals surface area contributed by atoms with Gasteiger partial charge in [0.05, 0.1) is 12.7 Å². The number of carbonyl (C=O) groups excluding carboxylic acids is 1. The van der Waals surface area contributed by atoms with Gasteiger partial charge in [-0.3, -0.25) is 4.79 Å². The highest BCUT2D eigenvalue weighted by atomic mass is 16.5. The minimum Gasteiger partial charge on any atom is -0.493 e. The lowest BCUT2D eigenvalue weighted by Crippen LogP contribution is -2.25. The third kappa shape index (κ3) is 4.73. The number of benzene rings is 1. The number of hydrogen-bond acceptors (Lipinski definition) is 4. The second-order valence-corrected chi connectivity index (χ2v) is 3.84. The van der Waals surface area contributed by atoms with Gasteiger partial charge in [-0.05, 0) is 31.2 Å². The first-order valence-corrected chi connectivity index (χ1v) is 6.01. The largest absolute Gasteiger partial charge is 0.493 e.